The van der Waals surface area contributed by atoms with E-state index < -0.39 is 0 Å². The molecule has 1 saturated heterocycles. The molecule has 126 valence electrons. The fourth-order valence-electron chi connectivity index (χ4n) is 3.35. The van der Waals surface area contributed by atoms with E-state index in [1.54, 1.807) is 13.1 Å². The van der Waals surface area contributed by atoms with Gasteiger partial charge in [0.2, 0.25) is 5.91 Å². The van der Waals surface area contributed by atoms with Crippen molar-refractivity contribution < 1.29 is 4.79 Å². The van der Waals surface area contributed by atoms with Crippen LogP contribution in [0.3, 0.4) is 0 Å². The average molecular weight is 324 g/mol. The third-order valence-electron chi connectivity index (χ3n) is 4.58. The zero-order chi connectivity index (χ0) is 16.9. The summed E-state index contributed by atoms with van der Waals surface area (Å²) in [6.45, 7) is 4.96. The molecule has 5 heteroatoms. The molecule has 1 N–H and O–H groups in total. The van der Waals surface area contributed by atoms with E-state index in [-0.39, 0.29) is 11.9 Å². The Labute approximate surface area is 143 Å². The summed E-state index contributed by atoms with van der Waals surface area (Å²) in [7, 11) is 1.90. The number of nitrogens with one attached hydrogen (secondary N) is 1. The Morgan fingerprint density at radius 1 is 1.21 bits per heavy atom. The van der Waals surface area contributed by atoms with Crippen molar-refractivity contribution in [2.45, 2.75) is 19.5 Å². The number of anilines is 1. The summed E-state index contributed by atoms with van der Waals surface area (Å²) in [5.74, 6) is 1.06. The summed E-state index contributed by atoms with van der Waals surface area (Å²) in [6, 6.07) is 14.5. The van der Waals surface area contributed by atoms with Crippen LogP contribution in [0.5, 0.6) is 0 Å². The second kappa shape index (κ2) is 7.45. The zero-order valence-electron chi connectivity index (χ0n) is 14.3. The zero-order valence-corrected chi connectivity index (χ0v) is 14.3. The number of rotatable bonds is 4. The van der Waals surface area contributed by atoms with Crippen LogP contribution < -0.4 is 5.32 Å². The number of carbonyl (C=O) groups is 1. The molecule has 0 bridgehead atoms. The quantitative estimate of drug-likeness (QED) is 0.939. The fourth-order valence-corrected chi connectivity index (χ4v) is 3.35. The first kappa shape index (κ1) is 16.5. The summed E-state index contributed by atoms with van der Waals surface area (Å²) in [4.78, 5) is 20.8. The van der Waals surface area contributed by atoms with Crippen LogP contribution >= 0.6 is 0 Å². The lowest BCUT2D eigenvalue weighted by Crippen LogP contribution is -2.49. The van der Waals surface area contributed by atoms with Gasteiger partial charge in [0.25, 0.3) is 0 Å². The van der Waals surface area contributed by atoms with Crippen molar-refractivity contribution >= 4 is 11.7 Å². The molecule has 0 saturated carbocycles. The van der Waals surface area contributed by atoms with Crippen LogP contribution in [0.15, 0.2) is 48.7 Å². The van der Waals surface area contributed by atoms with Gasteiger partial charge in [0.05, 0.1) is 6.04 Å². The minimum Gasteiger partial charge on any atom is -0.373 e. The second-order valence-corrected chi connectivity index (χ2v) is 6.14. The Morgan fingerprint density at radius 3 is 2.71 bits per heavy atom. The van der Waals surface area contributed by atoms with Crippen LogP contribution in [0.25, 0.3) is 0 Å². The maximum absolute atomic E-state index is 12.0. The van der Waals surface area contributed by atoms with Crippen LogP contribution in [-0.2, 0) is 11.3 Å². The normalized spacial score (nSPS) is 18.4. The number of carbonyl (C=O) groups excluding carboxylic acids is 1. The maximum atomic E-state index is 12.0. The largest absolute Gasteiger partial charge is 0.373 e. The molecule has 1 unspecified atom stereocenters. The first-order valence-corrected chi connectivity index (χ1v) is 8.35. The highest BCUT2D eigenvalue weighted by Gasteiger charge is 2.30. The predicted molar refractivity (Wildman–Crippen MR) is 95.6 cm³/mol. The summed E-state index contributed by atoms with van der Waals surface area (Å²) in [6.07, 6.45) is 1.80. The number of hydrogen-bond acceptors (Lipinski definition) is 4. The lowest BCUT2D eigenvalue weighted by molar-refractivity contribution is -0.134. The minimum absolute atomic E-state index is 0.104. The van der Waals surface area contributed by atoms with Crippen molar-refractivity contribution in [2.24, 2.45) is 0 Å². The molecule has 1 aliphatic rings. The third kappa shape index (κ3) is 3.57. The van der Waals surface area contributed by atoms with E-state index in [0.29, 0.717) is 0 Å². The molecule has 1 atom stereocenters. The van der Waals surface area contributed by atoms with Gasteiger partial charge in [0.1, 0.15) is 5.82 Å². The van der Waals surface area contributed by atoms with E-state index in [1.165, 1.54) is 11.1 Å². The van der Waals surface area contributed by atoms with Gasteiger partial charge in [-0.3, -0.25) is 9.69 Å². The molecule has 0 spiro atoms. The number of piperazine rings is 1. The van der Waals surface area contributed by atoms with Gasteiger partial charge in [-0.15, -0.1) is 0 Å². The van der Waals surface area contributed by atoms with E-state index in [9.17, 15) is 4.79 Å². The lowest BCUT2D eigenvalue weighted by atomic mass is 10.0. The smallest absolute Gasteiger partial charge is 0.220 e. The second-order valence-electron chi connectivity index (χ2n) is 6.14. The van der Waals surface area contributed by atoms with Gasteiger partial charge in [0.15, 0.2) is 0 Å². The third-order valence-corrected chi connectivity index (χ3v) is 4.58. The minimum atomic E-state index is 0.104. The van der Waals surface area contributed by atoms with Crippen LogP contribution in [0.2, 0.25) is 0 Å². The monoisotopic (exact) mass is 324 g/mol. The Bertz CT molecular complexity index is 689. The Kier molecular flexibility index (Phi) is 5.11. The molecular formula is C19H24N4O. The van der Waals surface area contributed by atoms with Crippen molar-refractivity contribution in [2.75, 3.05) is 32.0 Å². The van der Waals surface area contributed by atoms with Crippen molar-refractivity contribution in [3.8, 4) is 0 Å². The van der Waals surface area contributed by atoms with Crippen molar-refractivity contribution in [3.05, 3.63) is 59.8 Å². The number of pyridine rings is 1. The number of aromatic nitrogens is 1. The topological polar surface area (TPSA) is 48.5 Å². The van der Waals surface area contributed by atoms with Gasteiger partial charge < -0.3 is 10.2 Å². The molecule has 3 rings (SSSR count). The first-order valence-electron chi connectivity index (χ1n) is 8.35. The van der Waals surface area contributed by atoms with E-state index in [1.807, 2.05) is 36.2 Å². The molecule has 2 heterocycles. The van der Waals surface area contributed by atoms with Gasteiger partial charge in [-0.05, 0) is 11.6 Å². The van der Waals surface area contributed by atoms with Gasteiger partial charge in [0, 0.05) is 51.9 Å². The summed E-state index contributed by atoms with van der Waals surface area (Å²) < 4.78 is 0. The molecule has 1 aromatic carbocycles. The summed E-state index contributed by atoms with van der Waals surface area (Å²) in [5.41, 5.74) is 2.38. The average Bonchev–Trinajstić information content (AvgIpc) is 2.62. The van der Waals surface area contributed by atoms with Crippen LogP contribution in [-0.4, -0.2) is 47.4 Å². The van der Waals surface area contributed by atoms with Gasteiger partial charge in [-0.25, -0.2) is 4.98 Å². The maximum Gasteiger partial charge on any atom is 0.220 e. The SMILES string of the molecule is CNc1ncccc1CN1CCN(C(C)=O)C(c2ccccc2)C1. The van der Waals surface area contributed by atoms with E-state index in [4.69, 9.17) is 0 Å². The number of hydrogen-bond donors (Lipinski definition) is 1. The molecule has 1 aliphatic heterocycles. The van der Waals surface area contributed by atoms with Gasteiger partial charge >= 0.3 is 0 Å². The predicted octanol–water partition coefficient (Wildman–Crippen LogP) is 2.53. The highest BCUT2D eigenvalue weighted by molar-refractivity contribution is 5.74. The number of nitrogens with zero attached hydrogens (tertiary/aromatic N) is 3. The van der Waals surface area contributed by atoms with Crippen molar-refractivity contribution in [3.63, 3.8) is 0 Å². The van der Waals surface area contributed by atoms with Crippen LogP contribution in [0.4, 0.5) is 5.82 Å². The van der Waals surface area contributed by atoms with E-state index >= 15 is 0 Å². The molecule has 1 aromatic heterocycles. The fraction of sp³-hybridized carbons (Fsp3) is 0.368. The number of benzene rings is 1. The molecule has 1 fully saturated rings. The molecule has 0 aliphatic carbocycles. The summed E-state index contributed by atoms with van der Waals surface area (Å²) >= 11 is 0. The molecule has 1 amide bonds. The van der Waals surface area contributed by atoms with Gasteiger partial charge in [-0.2, -0.15) is 0 Å². The molecule has 2 aromatic rings. The lowest BCUT2D eigenvalue weighted by Gasteiger charge is -2.41. The molecule has 0 radical (unpaired) electrons. The van der Waals surface area contributed by atoms with Crippen molar-refractivity contribution in [1.82, 2.24) is 14.8 Å². The Hall–Kier alpha value is -2.40. The van der Waals surface area contributed by atoms with Gasteiger partial charge in [-0.1, -0.05) is 36.4 Å². The van der Waals surface area contributed by atoms with Crippen LogP contribution in [0.1, 0.15) is 24.1 Å². The first-order chi connectivity index (χ1) is 11.7. The van der Waals surface area contributed by atoms with Crippen molar-refractivity contribution in [1.29, 1.82) is 0 Å². The standard InChI is InChI=1S/C19H24N4O/c1-15(24)23-12-11-22(13-17-9-6-10-21-19(17)20-2)14-18(23)16-7-4-3-5-8-16/h3-10,18H,11-14H2,1-2H3,(H,20,21). The molecular weight excluding hydrogens is 300 g/mol. The highest BCUT2D eigenvalue weighted by atomic mass is 16.2. The molecule has 5 nitrogen and oxygen atoms in total. The molecule has 24 heavy (non-hydrogen) atoms. The van der Waals surface area contributed by atoms with E-state index in [0.717, 1.165) is 32.0 Å². The Balaban J connectivity index is 1.79. The number of amides is 1. The Morgan fingerprint density at radius 2 is 2.00 bits per heavy atom. The highest BCUT2D eigenvalue weighted by Crippen LogP contribution is 2.27. The van der Waals surface area contributed by atoms with Crippen LogP contribution in [0, 0.1) is 0 Å². The van der Waals surface area contributed by atoms with E-state index in [2.05, 4.69) is 33.4 Å². The summed E-state index contributed by atoms with van der Waals surface area (Å²) in [5, 5.41) is 3.15.